The molecule has 1 aliphatic rings. The number of methoxy groups -OCH3 is 1. The number of hydrogen-bond acceptors (Lipinski definition) is 2. The van der Waals surface area contributed by atoms with Gasteiger partial charge in [-0.25, -0.2) is 8.78 Å². The summed E-state index contributed by atoms with van der Waals surface area (Å²) >= 11 is 0. The molecule has 1 fully saturated rings. The van der Waals surface area contributed by atoms with Gasteiger partial charge in [-0.05, 0) is 18.9 Å². The fourth-order valence-electron chi connectivity index (χ4n) is 2.83. The number of hydrogen-bond donors (Lipinski definition) is 1. The van der Waals surface area contributed by atoms with Crippen LogP contribution in [0.1, 0.15) is 37.7 Å². The molecule has 0 saturated heterocycles. The Kier molecular flexibility index (Phi) is 3.73. The van der Waals surface area contributed by atoms with Gasteiger partial charge in [0.05, 0.1) is 12.5 Å². The summed E-state index contributed by atoms with van der Waals surface area (Å²) in [4.78, 5) is 11.7. The van der Waals surface area contributed by atoms with E-state index in [-0.39, 0.29) is 11.3 Å². The monoisotopic (exact) mass is 270 g/mol. The summed E-state index contributed by atoms with van der Waals surface area (Å²) in [6.07, 6.45) is 3.32. The van der Waals surface area contributed by atoms with E-state index >= 15 is 0 Å². The molecule has 1 aromatic carbocycles. The largest absolute Gasteiger partial charge is 0.496 e. The quantitative estimate of drug-likeness (QED) is 0.917. The number of aliphatic carboxylic acids is 1. The lowest BCUT2D eigenvalue weighted by Gasteiger charge is -2.34. The van der Waals surface area contributed by atoms with Crippen LogP contribution in [0.3, 0.4) is 0 Å². The summed E-state index contributed by atoms with van der Waals surface area (Å²) in [5, 5.41) is 9.55. The molecule has 19 heavy (non-hydrogen) atoms. The maximum absolute atomic E-state index is 13.5. The average Bonchev–Trinajstić information content (AvgIpc) is 2.42. The van der Waals surface area contributed by atoms with Crippen LogP contribution in [-0.4, -0.2) is 18.2 Å². The Bertz CT molecular complexity index is 494. The third-order valence-corrected chi connectivity index (χ3v) is 3.87. The summed E-state index contributed by atoms with van der Waals surface area (Å²) < 4.78 is 31.7. The van der Waals surface area contributed by atoms with Gasteiger partial charge in [0.1, 0.15) is 5.75 Å². The molecular formula is C14H16F2O3. The number of ether oxygens (including phenoxy) is 1. The zero-order valence-corrected chi connectivity index (χ0v) is 10.7. The molecule has 0 atom stereocenters. The first-order valence-corrected chi connectivity index (χ1v) is 6.28. The van der Waals surface area contributed by atoms with Gasteiger partial charge >= 0.3 is 5.97 Å². The molecule has 2 rings (SSSR count). The first-order valence-electron chi connectivity index (χ1n) is 6.28. The SMILES string of the molecule is COc1cc(F)c(F)cc1C1(C(=O)O)CCCCC1. The normalized spacial score (nSPS) is 18.1. The van der Waals surface area contributed by atoms with Gasteiger partial charge in [-0.2, -0.15) is 0 Å². The Hall–Kier alpha value is -1.65. The highest BCUT2D eigenvalue weighted by molar-refractivity contribution is 5.82. The van der Waals surface area contributed by atoms with Gasteiger partial charge in [0.15, 0.2) is 11.6 Å². The lowest BCUT2D eigenvalue weighted by molar-refractivity contribution is -0.145. The van der Waals surface area contributed by atoms with Crippen molar-refractivity contribution in [3.63, 3.8) is 0 Å². The van der Waals surface area contributed by atoms with Gasteiger partial charge in [-0.1, -0.05) is 19.3 Å². The Labute approximate surface area is 110 Å². The summed E-state index contributed by atoms with van der Waals surface area (Å²) in [6.45, 7) is 0. The van der Waals surface area contributed by atoms with Crippen LogP contribution < -0.4 is 4.74 Å². The minimum atomic E-state index is -1.17. The number of rotatable bonds is 3. The van der Waals surface area contributed by atoms with E-state index in [1.165, 1.54) is 7.11 Å². The van der Waals surface area contributed by atoms with Crippen LogP contribution in [0.2, 0.25) is 0 Å². The van der Waals surface area contributed by atoms with Crippen LogP contribution in [0.4, 0.5) is 8.78 Å². The highest BCUT2D eigenvalue weighted by atomic mass is 19.2. The topological polar surface area (TPSA) is 46.5 Å². The summed E-state index contributed by atoms with van der Waals surface area (Å²) in [6, 6.07) is 1.89. The smallest absolute Gasteiger partial charge is 0.314 e. The number of carboxylic acids is 1. The highest BCUT2D eigenvalue weighted by Crippen LogP contribution is 2.44. The number of carboxylic acid groups (broad SMARTS) is 1. The predicted molar refractivity (Wildman–Crippen MR) is 65.3 cm³/mol. The second-order valence-electron chi connectivity index (χ2n) is 4.91. The first kappa shape index (κ1) is 13.8. The molecule has 3 nitrogen and oxygen atoms in total. The average molecular weight is 270 g/mol. The van der Waals surface area contributed by atoms with Crippen LogP contribution in [0, 0.1) is 11.6 Å². The Morgan fingerprint density at radius 3 is 2.32 bits per heavy atom. The van der Waals surface area contributed by atoms with Gasteiger partial charge in [0.2, 0.25) is 0 Å². The molecule has 0 aromatic heterocycles. The van der Waals surface area contributed by atoms with E-state index in [9.17, 15) is 18.7 Å². The van der Waals surface area contributed by atoms with Crippen molar-refractivity contribution in [2.24, 2.45) is 0 Å². The zero-order valence-electron chi connectivity index (χ0n) is 10.7. The van der Waals surface area contributed by atoms with Gasteiger partial charge in [0.25, 0.3) is 0 Å². The maximum Gasteiger partial charge on any atom is 0.314 e. The fourth-order valence-corrected chi connectivity index (χ4v) is 2.83. The molecule has 0 heterocycles. The van der Waals surface area contributed by atoms with Crippen molar-refractivity contribution < 1.29 is 23.4 Å². The highest BCUT2D eigenvalue weighted by Gasteiger charge is 2.43. The number of halogens is 2. The molecule has 1 aromatic rings. The van der Waals surface area contributed by atoms with E-state index in [0.717, 1.165) is 31.4 Å². The molecule has 104 valence electrons. The first-order chi connectivity index (χ1) is 9.01. The van der Waals surface area contributed by atoms with Gasteiger partial charge < -0.3 is 9.84 Å². The van der Waals surface area contributed by atoms with Crippen LogP contribution in [0.5, 0.6) is 5.75 Å². The van der Waals surface area contributed by atoms with Crippen LogP contribution in [0.15, 0.2) is 12.1 Å². The number of carbonyl (C=O) groups is 1. The van der Waals surface area contributed by atoms with Crippen molar-refractivity contribution in [3.8, 4) is 5.75 Å². The van der Waals surface area contributed by atoms with Gasteiger partial charge in [-0.3, -0.25) is 4.79 Å². The van der Waals surface area contributed by atoms with Crippen molar-refractivity contribution in [2.45, 2.75) is 37.5 Å². The van der Waals surface area contributed by atoms with Gasteiger partial charge in [-0.15, -0.1) is 0 Å². The van der Waals surface area contributed by atoms with Crippen LogP contribution in [0.25, 0.3) is 0 Å². The molecule has 0 bridgehead atoms. The molecule has 0 unspecified atom stereocenters. The Balaban J connectivity index is 2.59. The van der Waals surface area contributed by atoms with E-state index in [1.54, 1.807) is 0 Å². The summed E-state index contributed by atoms with van der Waals surface area (Å²) in [5.74, 6) is -2.97. The molecule has 0 radical (unpaired) electrons. The molecule has 0 aliphatic heterocycles. The second kappa shape index (κ2) is 5.15. The minimum Gasteiger partial charge on any atom is -0.496 e. The lowest BCUT2D eigenvalue weighted by atomic mass is 9.69. The zero-order chi connectivity index (χ0) is 14.0. The number of benzene rings is 1. The molecule has 1 N–H and O–H groups in total. The maximum atomic E-state index is 13.5. The molecule has 1 aliphatic carbocycles. The fraction of sp³-hybridized carbons (Fsp3) is 0.500. The van der Waals surface area contributed by atoms with Crippen molar-refractivity contribution in [3.05, 3.63) is 29.3 Å². The molecule has 0 amide bonds. The van der Waals surface area contributed by atoms with Crippen LogP contribution >= 0.6 is 0 Å². The third-order valence-electron chi connectivity index (χ3n) is 3.87. The third kappa shape index (κ3) is 2.29. The van der Waals surface area contributed by atoms with E-state index in [0.29, 0.717) is 12.8 Å². The Morgan fingerprint density at radius 1 is 1.21 bits per heavy atom. The van der Waals surface area contributed by atoms with Crippen molar-refractivity contribution >= 4 is 5.97 Å². The molecule has 5 heteroatoms. The molecule has 1 saturated carbocycles. The van der Waals surface area contributed by atoms with E-state index < -0.39 is 23.0 Å². The second-order valence-corrected chi connectivity index (χ2v) is 4.91. The van der Waals surface area contributed by atoms with Crippen molar-refractivity contribution in [1.29, 1.82) is 0 Å². The van der Waals surface area contributed by atoms with Crippen LogP contribution in [-0.2, 0) is 10.2 Å². The van der Waals surface area contributed by atoms with Crippen molar-refractivity contribution in [2.75, 3.05) is 7.11 Å². The standard InChI is InChI=1S/C14H16F2O3/c1-19-12-8-11(16)10(15)7-9(12)14(13(17)18)5-3-2-4-6-14/h7-8H,2-6H2,1H3,(H,17,18). The predicted octanol–water partition coefficient (Wildman–Crippen LogP) is 3.26. The van der Waals surface area contributed by atoms with Crippen molar-refractivity contribution in [1.82, 2.24) is 0 Å². The van der Waals surface area contributed by atoms with E-state index in [4.69, 9.17) is 4.74 Å². The molecular weight excluding hydrogens is 254 g/mol. The van der Waals surface area contributed by atoms with E-state index in [1.807, 2.05) is 0 Å². The lowest BCUT2D eigenvalue weighted by Crippen LogP contribution is -2.38. The van der Waals surface area contributed by atoms with E-state index in [2.05, 4.69) is 0 Å². The molecule has 0 spiro atoms. The minimum absolute atomic E-state index is 0.100. The Morgan fingerprint density at radius 2 is 1.79 bits per heavy atom. The summed E-state index contributed by atoms with van der Waals surface area (Å²) in [5.41, 5.74) is -0.931. The summed E-state index contributed by atoms with van der Waals surface area (Å²) in [7, 11) is 1.33. The van der Waals surface area contributed by atoms with Gasteiger partial charge in [0, 0.05) is 11.6 Å².